The predicted octanol–water partition coefficient (Wildman–Crippen LogP) is 3.38. The normalized spacial score (nSPS) is 10.3. The molecule has 3 rings (SSSR count). The number of nitrogens with zero attached hydrogens (tertiary/aromatic N) is 4. The van der Waals surface area contributed by atoms with Crippen molar-refractivity contribution in [3.05, 3.63) is 59.8 Å². The molecule has 0 unspecified atom stereocenters. The van der Waals surface area contributed by atoms with Gasteiger partial charge in [-0.25, -0.2) is 4.98 Å². The molecule has 0 fully saturated rings. The van der Waals surface area contributed by atoms with E-state index in [0.717, 1.165) is 22.0 Å². The van der Waals surface area contributed by atoms with Crippen LogP contribution in [0, 0.1) is 25.2 Å². The summed E-state index contributed by atoms with van der Waals surface area (Å²) in [5.41, 5.74) is 3.46. The van der Waals surface area contributed by atoms with Crippen LogP contribution in [0.4, 0.5) is 5.82 Å². The van der Waals surface area contributed by atoms with Crippen molar-refractivity contribution in [1.29, 1.82) is 5.26 Å². The quantitative estimate of drug-likeness (QED) is 0.547. The van der Waals surface area contributed by atoms with Crippen LogP contribution in [0.15, 0.2) is 43.1 Å². The summed E-state index contributed by atoms with van der Waals surface area (Å²) >= 11 is 5.27. The molecule has 0 bridgehead atoms. The Morgan fingerprint density at radius 1 is 1.38 bits per heavy atom. The van der Waals surface area contributed by atoms with E-state index in [4.69, 9.17) is 17.2 Å². The van der Waals surface area contributed by atoms with Gasteiger partial charge in [0.1, 0.15) is 11.6 Å². The van der Waals surface area contributed by atoms with E-state index in [1.807, 2.05) is 38.1 Å². The lowest BCUT2D eigenvalue weighted by atomic mass is 10.1. The number of aromatic nitrogens is 3. The molecule has 0 aliphatic carbocycles. The highest BCUT2D eigenvalue weighted by Crippen LogP contribution is 2.25. The summed E-state index contributed by atoms with van der Waals surface area (Å²) in [6.45, 7) is 8.22. The second-order valence-corrected chi connectivity index (χ2v) is 6.23. The first kappa shape index (κ1) is 17.6. The molecule has 0 saturated carbocycles. The Labute approximate surface area is 157 Å². The van der Waals surface area contributed by atoms with E-state index < -0.39 is 0 Å². The minimum absolute atomic E-state index is 0.386. The minimum Gasteiger partial charge on any atom is -0.359 e. The number of anilines is 1. The third-order valence-electron chi connectivity index (χ3n) is 3.98. The van der Waals surface area contributed by atoms with Crippen LogP contribution in [0.2, 0.25) is 0 Å². The molecule has 2 aromatic heterocycles. The lowest BCUT2D eigenvalue weighted by Crippen LogP contribution is -2.29. The fourth-order valence-corrected chi connectivity index (χ4v) is 2.87. The standard InChI is InChI=1S/C19H18N6S/c1-4-8-21-19(26)24-18-14(10-20)11-22-25(18)16-9-13(3)15-7-5-6-12(2)17(15)23-16/h4-7,9,11H,1,8H2,2-3H3,(H2,21,24,26). The zero-order chi connectivity index (χ0) is 18.7. The number of thiocarbonyl (C=S) groups is 1. The van der Waals surface area contributed by atoms with Crippen molar-refractivity contribution in [3.8, 4) is 11.9 Å². The summed E-state index contributed by atoms with van der Waals surface area (Å²) < 4.78 is 1.60. The topological polar surface area (TPSA) is 78.6 Å². The van der Waals surface area contributed by atoms with Gasteiger partial charge in [0.15, 0.2) is 16.7 Å². The molecule has 3 aromatic rings. The molecule has 2 heterocycles. The molecule has 7 heteroatoms. The summed E-state index contributed by atoms with van der Waals surface area (Å²) in [6.07, 6.45) is 3.20. The summed E-state index contributed by atoms with van der Waals surface area (Å²) in [5, 5.41) is 21.2. The number of fused-ring (bicyclic) bond motifs is 1. The number of nitrogens with one attached hydrogen (secondary N) is 2. The number of nitriles is 1. The summed E-state index contributed by atoms with van der Waals surface area (Å²) in [7, 11) is 0. The summed E-state index contributed by atoms with van der Waals surface area (Å²) in [6, 6.07) is 10.2. The molecule has 0 radical (unpaired) electrons. The zero-order valence-electron chi connectivity index (χ0n) is 14.6. The van der Waals surface area contributed by atoms with Crippen LogP contribution < -0.4 is 10.6 Å². The Balaban J connectivity index is 2.10. The van der Waals surface area contributed by atoms with E-state index in [1.165, 1.54) is 6.20 Å². The van der Waals surface area contributed by atoms with Crippen molar-refractivity contribution in [2.45, 2.75) is 13.8 Å². The van der Waals surface area contributed by atoms with Gasteiger partial charge in [0, 0.05) is 11.9 Å². The van der Waals surface area contributed by atoms with Crippen LogP contribution >= 0.6 is 12.2 Å². The number of hydrogen-bond acceptors (Lipinski definition) is 4. The van der Waals surface area contributed by atoms with Crippen molar-refractivity contribution < 1.29 is 0 Å². The lowest BCUT2D eigenvalue weighted by molar-refractivity contribution is 0.858. The maximum atomic E-state index is 9.39. The SMILES string of the molecule is C=CCNC(=S)Nc1c(C#N)cnn1-c1cc(C)c2cccc(C)c2n1. The maximum absolute atomic E-state index is 9.39. The molecule has 0 aliphatic rings. The third kappa shape index (κ3) is 3.27. The van der Waals surface area contributed by atoms with Crippen LogP contribution in [-0.2, 0) is 0 Å². The fourth-order valence-electron chi connectivity index (χ4n) is 2.69. The van der Waals surface area contributed by atoms with Crippen molar-refractivity contribution in [1.82, 2.24) is 20.1 Å². The highest BCUT2D eigenvalue weighted by atomic mass is 32.1. The Hall–Kier alpha value is -3.24. The van der Waals surface area contributed by atoms with Crippen LogP contribution in [0.25, 0.3) is 16.7 Å². The minimum atomic E-state index is 0.386. The average molecular weight is 362 g/mol. The first-order chi connectivity index (χ1) is 12.5. The Bertz CT molecular complexity index is 1040. The molecule has 0 aliphatic heterocycles. The largest absolute Gasteiger partial charge is 0.359 e. The van der Waals surface area contributed by atoms with Crippen molar-refractivity contribution >= 4 is 34.1 Å². The molecule has 6 nitrogen and oxygen atoms in total. The molecule has 0 saturated heterocycles. The molecule has 0 amide bonds. The monoisotopic (exact) mass is 362 g/mol. The smallest absolute Gasteiger partial charge is 0.172 e. The van der Waals surface area contributed by atoms with Gasteiger partial charge in [0.05, 0.1) is 11.7 Å². The number of hydrogen-bond donors (Lipinski definition) is 2. The van der Waals surface area contributed by atoms with Gasteiger partial charge in [-0.05, 0) is 43.3 Å². The maximum Gasteiger partial charge on any atom is 0.172 e. The van der Waals surface area contributed by atoms with Crippen molar-refractivity contribution in [3.63, 3.8) is 0 Å². The molecule has 26 heavy (non-hydrogen) atoms. The molecular weight excluding hydrogens is 344 g/mol. The Morgan fingerprint density at radius 2 is 2.19 bits per heavy atom. The van der Waals surface area contributed by atoms with Crippen LogP contribution in [-0.4, -0.2) is 26.4 Å². The number of pyridine rings is 1. The molecule has 0 atom stereocenters. The molecule has 0 spiro atoms. The van der Waals surface area contributed by atoms with Gasteiger partial charge >= 0.3 is 0 Å². The van der Waals surface area contributed by atoms with E-state index >= 15 is 0 Å². The molecule has 130 valence electrons. The lowest BCUT2D eigenvalue weighted by Gasteiger charge is -2.13. The van der Waals surface area contributed by atoms with E-state index in [2.05, 4.69) is 28.4 Å². The fraction of sp³-hybridized carbons (Fsp3) is 0.158. The Kier molecular flexibility index (Phi) is 4.96. The van der Waals surface area contributed by atoms with Gasteiger partial charge in [-0.15, -0.1) is 6.58 Å². The number of para-hydroxylation sites is 1. The number of aryl methyl sites for hydroxylation is 2. The van der Waals surface area contributed by atoms with Gasteiger partial charge in [0.25, 0.3) is 0 Å². The molecular formula is C19H18N6S. The summed E-state index contributed by atoms with van der Waals surface area (Å²) in [4.78, 5) is 4.75. The van der Waals surface area contributed by atoms with E-state index in [1.54, 1.807) is 10.8 Å². The van der Waals surface area contributed by atoms with Crippen molar-refractivity contribution in [2.24, 2.45) is 0 Å². The second-order valence-electron chi connectivity index (χ2n) is 5.82. The second kappa shape index (κ2) is 7.33. The highest BCUT2D eigenvalue weighted by molar-refractivity contribution is 7.80. The first-order valence-corrected chi connectivity index (χ1v) is 8.47. The van der Waals surface area contributed by atoms with Gasteiger partial charge in [-0.3, -0.25) is 0 Å². The zero-order valence-corrected chi connectivity index (χ0v) is 15.4. The van der Waals surface area contributed by atoms with E-state index in [-0.39, 0.29) is 0 Å². The molecule has 2 N–H and O–H groups in total. The van der Waals surface area contributed by atoms with Crippen LogP contribution in [0.1, 0.15) is 16.7 Å². The van der Waals surface area contributed by atoms with Crippen molar-refractivity contribution in [2.75, 3.05) is 11.9 Å². The number of rotatable bonds is 4. The van der Waals surface area contributed by atoms with Gasteiger partial charge in [0.2, 0.25) is 0 Å². The van der Waals surface area contributed by atoms with Crippen LogP contribution in [0.3, 0.4) is 0 Å². The van der Waals surface area contributed by atoms with Crippen LogP contribution in [0.5, 0.6) is 0 Å². The van der Waals surface area contributed by atoms with Gasteiger partial charge < -0.3 is 10.6 Å². The molecule has 1 aromatic carbocycles. The Morgan fingerprint density at radius 3 is 2.92 bits per heavy atom. The van der Waals surface area contributed by atoms with E-state index in [9.17, 15) is 5.26 Å². The first-order valence-electron chi connectivity index (χ1n) is 8.06. The van der Waals surface area contributed by atoms with E-state index in [0.29, 0.717) is 28.9 Å². The highest BCUT2D eigenvalue weighted by Gasteiger charge is 2.16. The number of benzene rings is 1. The van der Waals surface area contributed by atoms with Gasteiger partial charge in [-0.2, -0.15) is 15.0 Å². The predicted molar refractivity (Wildman–Crippen MR) is 107 cm³/mol. The summed E-state index contributed by atoms with van der Waals surface area (Å²) in [5.74, 6) is 1.11. The average Bonchev–Trinajstić information content (AvgIpc) is 3.03. The third-order valence-corrected chi connectivity index (χ3v) is 4.23. The van der Waals surface area contributed by atoms with Gasteiger partial charge in [-0.1, -0.05) is 24.3 Å².